The predicted molar refractivity (Wildman–Crippen MR) is 120 cm³/mol. The smallest absolute Gasteiger partial charge is 0.237 e. The normalized spacial score (nSPS) is 15.4. The van der Waals surface area contributed by atoms with Crippen molar-refractivity contribution in [2.75, 3.05) is 45.8 Å². The largest absolute Gasteiger partial charge is 0.337 e. The lowest BCUT2D eigenvalue weighted by atomic mass is 10.1. The summed E-state index contributed by atoms with van der Waals surface area (Å²) in [6.07, 6.45) is 2.09. The van der Waals surface area contributed by atoms with Gasteiger partial charge in [-0.25, -0.2) is 0 Å². The van der Waals surface area contributed by atoms with Crippen LogP contribution in [0.15, 0.2) is 54.6 Å². The van der Waals surface area contributed by atoms with Crippen LogP contribution in [0.5, 0.6) is 0 Å². The standard InChI is InChI=1S/C25H35N3O/c1-3-14-28(20-24-11-9-22(2)10-12-24)25(29)21-27-18-16-26(17-19-27)15-13-23-7-5-4-6-8-23/h4-12H,3,13-21H2,1-2H3. The SMILES string of the molecule is CCCN(Cc1ccc(C)cc1)C(=O)CN1CCN(CCc2ccccc2)CC1. The van der Waals surface area contributed by atoms with Crippen LogP contribution >= 0.6 is 0 Å². The molecule has 1 saturated heterocycles. The average Bonchev–Trinajstić information content (AvgIpc) is 2.75. The third-order valence-electron chi connectivity index (χ3n) is 5.72. The number of benzene rings is 2. The van der Waals surface area contributed by atoms with Gasteiger partial charge in [-0.05, 0) is 30.9 Å². The first kappa shape index (κ1) is 21.5. The summed E-state index contributed by atoms with van der Waals surface area (Å²) in [6.45, 7) is 11.5. The van der Waals surface area contributed by atoms with E-state index in [-0.39, 0.29) is 5.91 Å². The summed E-state index contributed by atoms with van der Waals surface area (Å²) in [7, 11) is 0. The Morgan fingerprint density at radius 1 is 0.897 bits per heavy atom. The lowest BCUT2D eigenvalue weighted by Crippen LogP contribution is -2.50. The molecule has 0 aliphatic carbocycles. The second-order valence-electron chi connectivity index (χ2n) is 8.15. The van der Waals surface area contributed by atoms with Gasteiger partial charge in [-0.3, -0.25) is 9.69 Å². The van der Waals surface area contributed by atoms with Gasteiger partial charge in [0.15, 0.2) is 0 Å². The number of piperazine rings is 1. The monoisotopic (exact) mass is 393 g/mol. The van der Waals surface area contributed by atoms with E-state index in [2.05, 4.69) is 78.2 Å². The van der Waals surface area contributed by atoms with E-state index >= 15 is 0 Å². The highest BCUT2D eigenvalue weighted by molar-refractivity contribution is 5.78. The van der Waals surface area contributed by atoms with Gasteiger partial charge in [-0.1, -0.05) is 67.1 Å². The van der Waals surface area contributed by atoms with E-state index in [4.69, 9.17) is 0 Å². The highest BCUT2D eigenvalue weighted by Crippen LogP contribution is 2.10. The van der Waals surface area contributed by atoms with Gasteiger partial charge in [-0.15, -0.1) is 0 Å². The maximum absolute atomic E-state index is 12.9. The molecule has 0 spiro atoms. The van der Waals surface area contributed by atoms with Crippen molar-refractivity contribution < 1.29 is 4.79 Å². The molecule has 0 radical (unpaired) electrons. The lowest BCUT2D eigenvalue weighted by molar-refractivity contribution is -0.133. The molecule has 2 aromatic carbocycles. The molecular formula is C25H35N3O. The van der Waals surface area contributed by atoms with E-state index in [0.29, 0.717) is 13.1 Å². The van der Waals surface area contributed by atoms with Gasteiger partial charge in [0.25, 0.3) is 0 Å². The third kappa shape index (κ3) is 6.98. The molecule has 1 heterocycles. The van der Waals surface area contributed by atoms with Gasteiger partial charge in [0.1, 0.15) is 0 Å². The van der Waals surface area contributed by atoms with Crippen molar-refractivity contribution in [1.29, 1.82) is 0 Å². The van der Waals surface area contributed by atoms with Gasteiger partial charge in [0.05, 0.1) is 6.54 Å². The molecular weight excluding hydrogens is 358 g/mol. The zero-order valence-electron chi connectivity index (χ0n) is 18.0. The Bertz CT molecular complexity index is 736. The summed E-state index contributed by atoms with van der Waals surface area (Å²) in [5, 5.41) is 0. The van der Waals surface area contributed by atoms with Gasteiger partial charge < -0.3 is 9.80 Å². The molecule has 0 atom stereocenters. The fraction of sp³-hybridized carbons (Fsp3) is 0.480. The van der Waals surface area contributed by atoms with Crippen LogP contribution in [0.2, 0.25) is 0 Å². The highest BCUT2D eigenvalue weighted by atomic mass is 16.2. The zero-order chi connectivity index (χ0) is 20.5. The number of hydrogen-bond donors (Lipinski definition) is 0. The van der Waals surface area contributed by atoms with Crippen LogP contribution in [0.25, 0.3) is 0 Å². The molecule has 1 amide bonds. The fourth-order valence-electron chi connectivity index (χ4n) is 3.87. The van der Waals surface area contributed by atoms with Crippen LogP contribution in [-0.4, -0.2) is 66.4 Å². The van der Waals surface area contributed by atoms with Crippen LogP contribution in [0, 0.1) is 6.92 Å². The number of amides is 1. The van der Waals surface area contributed by atoms with Crippen LogP contribution in [0.1, 0.15) is 30.0 Å². The lowest BCUT2D eigenvalue weighted by Gasteiger charge is -2.35. The number of nitrogens with zero attached hydrogens (tertiary/aromatic N) is 3. The second-order valence-corrected chi connectivity index (χ2v) is 8.15. The molecule has 0 saturated carbocycles. The first-order valence-electron chi connectivity index (χ1n) is 11.0. The van der Waals surface area contributed by atoms with Crippen molar-refractivity contribution in [3.63, 3.8) is 0 Å². The van der Waals surface area contributed by atoms with Gasteiger partial charge in [-0.2, -0.15) is 0 Å². The van der Waals surface area contributed by atoms with Crippen LogP contribution in [0.3, 0.4) is 0 Å². The molecule has 0 unspecified atom stereocenters. The van der Waals surface area contributed by atoms with E-state index in [1.54, 1.807) is 0 Å². The fourth-order valence-corrected chi connectivity index (χ4v) is 3.87. The predicted octanol–water partition coefficient (Wildman–Crippen LogP) is 3.59. The second kappa shape index (κ2) is 11.1. The zero-order valence-corrected chi connectivity index (χ0v) is 18.0. The summed E-state index contributed by atoms with van der Waals surface area (Å²) >= 11 is 0. The van der Waals surface area contributed by atoms with Crippen LogP contribution in [-0.2, 0) is 17.8 Å². The number of aryl methyl sites for hydroxylation is 1. The van der Waals surface area contributed by atoms with Crippen molar-refractivity contribution in [3.05, 3.63) is 71.3 Å². The molecule has 0 bridgehead atoms. The Morgan fingerprint density at radius 3 is 2.21 bits per heavy atom. The van der Waals surface area contributed by atoms with Gasteiger partial charge >= 0.3 is 0 Å². The van der Waals surface area contributed by atoms with Gasteiger partial charge in [0.2, 0.25) is 5.91 Å². The minimum absolute atomic E-state index is 0.255. The summed E-state index contributed by atoms with van der Waals surface area (Å²) < 4.78 is 0. The number of carbonyl (C=O) groups is 1. The Hall–Kier alpha value is -2.17. The first-order valence-corrected chi connectivity index (χ1v) is 11.0. The molecule has 2 aromatic rings. The molecule has 4 heteroatoms. The Kier molecular flexibility index (Phi) is 8.26. The summed E-state index contributed by atoms with van der Waals surface area (Å²) in [5.41, 5.74) is 3.87. The number of rotatable bonds is 9. The van der Waals surface area contributed by atoms with Crippen molar-refractivity contribution in [2.45, 2.75) is 33.2 Å². The van der Waals surface area contributed by atoms with E-state index in [9.17, 15) is 4.79 Å². The number of carbonyl (C=O) groups excluding carboxylic acids is 1. The van der Waals surface area contributed by atoms with Crippen LogP contribution < -0.4 is 0 Å². The summed E-state index contributed by atoms with van der Waals surface area (Å²) in [5.74, 6) is 0.255. The number of hydrogen-bond acceptors (Lipinski definition) is 3. The molecule has 0 N–H and O–H groups in total. The Balaban J connectivity index is 1.43. The van der Waals surface area contributed by atoms with Crippen LogP contribution in [0.4, 0.5) is 0 Å². The average molecular weight is 394 g/mol. The van der Waals surface area contributed by atoms with Crippen molar-refractivity contribution >= 4 is 5.91 Å². The van der Waals surface area contributed by atoms with Crippen molar-refractivity contribution in [3.8, 4) is 0 Å². The molecule has 29 heavy (non-hydrogen) atoms. The minimum atomic E-state index is 0.255. The van der Waals surface area contributed by atoms with E-state index in [1.165, 1.54) is 16.7 Å². The summed E-state index contributed by atoms with van der Waals surface area (Å²) in [4.78, 5) is 19.8. The van der Waals surface area contributed by atoms with E-state index in [0.717, 1.165) is 52.1 Å². The topological polar surface area (TPSA) is 26.8 Å². The molecule has 0 aromatic heterocycles. The Morgan fingerprint density at radius 2 is 1.55 bits per heavy atom. The summed E-state index contributed by atoms with van der Waals surface area (Å²) in [6, 6.07) is 19.2. The highest BCUT2D eigenvalue weighted by Gasteiger charge is 2.21. The molecule has 1 fully saturated rings. The molecule has 3 rings (SSSR count). The van der Waals surface area contributed by atoms with E-state index in [1.807, 2.05) is 4.90 Å². The van der Waals surface area contributed by atoms with Gasteiger partial charge in [0, 0.05) is 45.8 Å². The van der Waals surface area contributed by atoms with Crippen molar-refractivity contribution in [2.24, 2.45) is 0 Å². The third-order valence-corrected chi connectivity index (χ3v) is 5.72. The molecule has 1 aliphatic heterocycles. The maximum Gasteiger partial charge on any atom is 0.237 e. The molecule has 1 aliphatic rings. The van der Waals surface area contributed by atoms with E-state index < -0.39 is 0 Å². The molecule has 156 valence electrons. The maximum atomic E-state index is 12.9. The minimum Gasteiger partial charge on any atom is -0.337 e. The molecule has 4 nitrogen and oxygen atoms in total. The quantitative estimate of drug-likeness (QED) is 0.651. The first-order chi connectivity index (χ1) is 14.1. The Labute approximate surface area is 176 Å². The van der Waals surface area contributed by atoms with Crippen molar-refractivity contribution in [1.82, 2.24) is 14.7 Å².